The van der Waals surface area contributed by atoms with Gasteiger partial charge in [0.1, 0.15) is 0 Å². The van der Waals surface area contributed by atoms with Crippen LogP contribution >= 0.6 is 0 Å². The summed E-state index contributed by atoms with van der Waals surface area (Å²) >= 11 is 0. The molecule has 104 valence electrons. The summed E-state index contributed by atoms with van der Waals surface area (Å²) in [6, 6.07) is 1.57. The van der Waals surface area contributed by atoms with Gasteiger partial charge in [-0.25, -0.2) is 0 Å². The molecule has 4 atom stereocenters. The molecular weight excluding hydrogens is 220 g/mol. The summed E-state index contributed by atoms with van der Waals surface area (Å²) in [6.45, 7) is 11.1. The van der Waals surface area contributed by atoms with Gasteiger partial charge in [-0.3, -0.25) is 0 Å². The summed E-state index contributed by atoms with van der Waals surface area (Å²) in [4.78, 5) is 2.71. The van der Waals surface area contributed by atoms with Crippen molar-refractivity contribution in [3.8, 4) is 0 Å². The van der Waals surface area contributed by atoms with E-state index >= 15 is 0 Å². The summed E-state index contributed by atoms with van der Waals surface area (Å²) in [7, 11) is 0. The maximum atomic E-state index is 3.95. The zero-order chi connectivity index (χ0) is 12.7. The number of nitrogens with one attached hydrogen (secondary N) is 1. The Hall–Kier alpha value is -0.0800. The molecule has 2 aliphatic carbocycles. The van der Waals surface area contributed by atoms with E-state index in [-0.39, 0.29) is 0 Å². The third-order valence-corrected chi connectivity index (χ3v) is 5.73. The predicted octanol–water partition coefficient (Wildman–Crippen LogP) is 2.74. The third kappa shape index (κ3) is 2.60. The molecule has 2 heteroatoms. The van der Waals surface area contributed by atoms with E-state index < -0.39 is 0 Å². The molecule has 18 heavy (non-hydrogen) atoms. The lowest BCUT2D eigenvalue weighted by molar-refractivity contribution is 0.0292. The number of piperidine rings is 1. The molecule has 0 aromatic carbocycles. The average Bonchev–Trinajstić information content (AvgIpc) is 3.01. The fourth-order valence-corrected chi connectivity index (χ4v) is 4.20. The lowest BCUT2D eigenvalue weighted by Crippen LogP contribution is -2.58. The van der Waals surface area contributed by atoms with Gasteiger partial charge in [0.25, 0.3) is 0 Å². The Morgan fingerprint density at radius 2 is 1.78 bits per heavy atom. The van der Waals surface area contributed by atoms with Crippen LogP contribution in [0.3, 0.4) is 0 Å². The van der Waals surface area contributed by atoms with Crippen LogP contribution in [0.5, 0.6) is 0 Å². The van der Waals surface area contributed by atoms with Gasteiger partial charge < -0.3 is 10.2 Å². The van der Waals surface area contributed by atoms with Crippen LogP contribution in [-0.4, -0.2) is 36.6 Å². The number of rotatable bonds is 4. The molecule has 0 radical (unpaired) electrons. The first-order valence-electron chi connectivity index (χ1n) is 8.12. The van der Waals surface area contributed by atoms with Crippen LogP contribution in [0, 0.1) is 23.7 Å². The topological polar surface area (TPSA) is 15.3 Å². The zero-order valence-corrected chi connectivity index (χ0v) is 12.4. The average molecular weight is 250 g/mol. The van der Waals surface area contributed by atoms with Crippen molar-refractivity contribution in [2.75, 3.05) is 19.6 Å². The van der Waals surface area contributed by atoms with Gasteiger partial charge in [-0.2, -0.15) is 0 Å². The quantitative estimate of drug-likeness (QED) is 0.825. The van der Waals surface area contributed by atoms with E-state index in [0.29, 0.717) is 0 Å². The fourth-order valence-electron chi connectivity index (χ4n) is 4.20. The molecule has 3 aliphatic rings. The molecule has 2 nitrogen and oxygen atoms in total. The van der Waals surface area contributed by atoms with E-state index in [2.05, 4.69) is 31.0 Å². The van der Waals surface area contributed by atoms with E-state index in [1.54, 1.807) is 0 Å². The van der Waals surface area contributed by atoms with Crippen molar-refractivity contribution in [1.82, 2.24) is 10.2 Å². The second kappa shape index (κ2) is 5.13. The van der Waals surface area contributed by atoms with Crippen molar-refractivity contribution in [3.63, 3.8) is 0 Å². The molecule has 3 fully saturated rings. The van der Waals surface area contributed by atoms with Crippen molar-refractivity contribution in [1.29, 1.82) is 0 Å². The van der Waals surface area contributed by atoms with E-state index in [0.717, 1.165) is 35.8 Å². The summed E-state index contributed by atoms with van der Waals surface area (Å²) < 4.78 is 0. The fraction of sp³-hybridized carbons (Fsp3) is 1.00. The SMILES string of the molecule is CC1CC1CNC1C2CCCC1CN(C(C)C)C2. The van der Waals surface area contributed by atoms with Gasteiger partial charge in [-0.15, -0.1) is 0 Å². The Bertz CT molecular complexity index is 275. The number of hydrogen-bond acceptors (Lipinski definition) is 2. The molecule has 0 amide bonds. The maximum absolute atomic E-state index is 3.95. The lowest BCUT2D eigenvalue weighted by Gasteiger charge is -2.49. The first-order valence-corrected chi connectivity index (χ1v) is 8.12. The highest BCUT2D eigenvalue weighted by atomic mass is 15.2. The van der Waals surface area contributed by atoms with Gasteiger partial charge in [0.15, 0.2) is 0 Å². The number of nitrogens with zero attached hydrogens (tertiary/aromatic N) is 1. The molecule has 1 saturated heterocycles. The summed E-state index contributed by atoms with van der Waals surface area (Å²) in [5.74, 6) is 3.84. The van der Waals surface area contributed by atoms with Gasteiger partial charge in [-0.1, -0.05) is 13.3 Å². The number of hydrogen-bond donors (Lipinski definition) is 1. The Morgan fingerprint density at radius 1 is 1.17 bits per heavy atom. The van der Waals surface area contributed by atoms with Gasteiger partial charge in [0, 0.05) is 25.2 Å². The Kier molecular flexibility index (Phi) is 3.68. The first-order chi connectivity index (χ1) is 8.65. The molecule has 4 unspecified atom stereocenters. The molecule has 3 rings (SSSR count). The molecule has 1 N–H and O–H groups in total. The van der Waals surface area contributed by atoms with Crippen molar-refractivity contribution < 1.29 is 0 Å². The highest BCUT2D eigenvalue weighted by Crippen LogP contribution is 2.39. The van der Waals surface area contributed by atoms with E-state index in [1.165, 1.54) is 45.3 Å². The molecule has 0 aromatic heterocycles. The monoisotopic (exact) mass is 250 g/mol. The third-order valence-electron chi connectivity index (χ3n) is 5.73. The minimum atomic E-state index is 0.734. The Labute approximate surface area is 113 Å². The van der Waals surface area contributed by atoms with Crippen LogP contribution in [-0.2, 0) is 0 Å². The lowest BCUT2D eigenvalue weighted by atomic mass is 9.73. The second-order valence-corrected chi connectivity index (χ2v) is 7.41. The molecule has 0 aromatic rings. The smallest absolute Gasteiger partial charge is 0.0148 e. The zero-order valence-electron chi connectivity index (χ0n) is 12.4. The van der Waals surface area contributed by atoms with Crippen LogP contribution in [0.2, 0.25) is 0 Å². The van der Waals surface area contributed by atoms with Crippen LogP contribution in [0.4, 0.5) is 0 Å². The van der Waals surface area contributed by atoms with E-state index in [4.69, 9.17) is 0 Å². The van der Waals surface area contributed by atoms with Crippen molar-refractivity contribution >= 4 is 0 Å². The Balaban J connectivity index is 1.57. The highest BCUT2D eigenvalue weighted by Gasteiger charge is 2.41. The molecule has 1 aliphatic heterocycles. The highest BCUT2D eigenvalue weighted by molar-refractivity contribution is 4.96. The second-order valence-electron chi connectivity index (χ2n) is 7.41. The standard InChI is InChI=1S/C16H30N2/c1-11(2)18-9-13-5-4-6-14(10-18)16(13)17-8-15-7-12(15)3/h11-17H,4-10H2,1-3H3. The van der Waals surface area contributed by atoms with Crippen LogP contribution in [0.1, 0.15) is 46.5 Å². The van der Waals surface area contributed by atoms with Crippen molar-refractivity contribution in [2.45, 2.75) is 58.5 Å². The van der Waals surface area contributed by atoms with Crippen LogP contribution in [0.15, 0.2) is 0 Å². The van der Waals surface area contributed by atoms with Gasteiger partial charge in [0.05, 0.1) is 0 Å². The normalized spacial score (nSPS) is 44.3. The predicted molar refractivity (Wildman–Crippen MR) is 76.6 cm³/mol. The van der Waals surface area contributed by atoms with Crippen molar-refractivity contribution in [2.24, 2.45) is 23.7 Å². The Morgan fingerprint density at radius 3 is 2.28 bits per heavy atom. The summed E-state index contributed by atoms with van der Waals surface area (Å²) in [6.07, 6.45) is 5.85. The van der Waals surface area contributed by atoms with Crippen LogP contribution in [0.25, 0.3) is 0 Å². The van der Waals surface area contributed by atoms with E-state index in [1.807, 2.05) is 0 Å². The molecule has 1 heterocycles. The van der Waals surface area contributed by atoms with Gasteiger partial charge >= 0.3 is 0 Å². The van der Waals surface area contributed by atoms with Gasteiger partial charge in [-0.05, 0) is 63.3 Å². The van der Waals surface area contributed by atoms with E-state index in [9.17, 15) is 0 Å². The first kappa shape index (κ1) is 12.9. The molecular formula is C16H30N2. The largest absolute Gasteiger partial charge is 0.313 e. The number of fused-ring (bicyclic) bond motifs is 2. The molecule has 2 saturated carbocycles. The van der Waals surface area contributed by atoms with Crippen LogP contribution < -0.4 is 5.32 Å². The molecule has 2 bridgehead atoms. The summed E-state index contributed by atoms with van der Waals surface area (Å²) in [5, 5.41) is 3.95. The van der Waals surface area contributed by atoms with Crippen molar-refractivity contribution in [3.05, 3.63) is 0 Å². The maximum Gasteiger partial charge on any atom is 0.0148 e. The van der Waals surface area contributed by atoms with Gasteiger partial charge in [0.2, 0.25) is 0 Å². The minimum Gasteiger partial charge on any atom is -0.313 e. The minimum absolute atomic E-state index is 0.734. The summed E-state index contributed by atoms with van der Waals surface area (Å²) in [5.41, 5.74) is 0. The number of likely N-dealkylation sites (tertiary alicyclic amines) is 1. The molecule has 0 spiro atoms.